The van der Waals surface area contributed by atoms with Crippen LogP contribution in [-0.2, 0) is 22.7 Å². The fraction of sp³-hybridized carbons (Fsp3) is 0.231. The molecular weight excluding hydrogens is 459 g/mol. The molecule has 0 aliphatic rings. The minimum Gasteiger partial charge on any atom is -0.496 e. The van der Waals surface area contributed by atoms with Gasteiger partial charge in [-0.25, -0.2) is 4.39 Å². The van der Waals surface area contributed by atoms with E-state index in [1.54, 1.807) is 56.5 Å². The van der Waals surface area contributed by atoms with Gasteiger partial charge in [0, 0.05) is 18.7 Å². The zero-order valence-electron chi connectivity index (χ0n) is 19.0. The van der Waals surface area contributed by atoms with Crippen LogP contribution in [0.25, 0.3) is 0 Å². The molecule has 178 valence electrons. The van der Waals surface area contributed by atoms with Crippen molar-refractivity contribution < 1.29 is 23.5 Å². The predicted octanol–water partition coefficient (Wildman–Crippen LogP) is 4.60. The van der Waals surface area contributed by atoms with Gasteiger partial charge in [-0.2, -0.15) is 0 Å². The van der Waals surface area contributed by atoms with Crippen LogP contribution in [0.5, 0.6) is 11.5 Å². The molecule has 0 heterocycles. The molecule has 0 aliphatic heterocycles. The van der Waals surface area contributed by atoms with Gasteiger partial charge in [0.15, 0.2) is 6.61 Å². The van der Waals surface area contributed by atoms with Gasteiger partial charge in [-0.1, -0.05) is 54.1 Å². The molecule has 1 unspecified atom stereocenters. The van der Waals surface area contributed by atoms with E-state index in [0.717, 1.165) is 5.56 Å². The first-order chi connectivity index (χ1) is 16.4. The van der Waals surface area contributed by atoms with Crippen LogP contribution in [0.1, 0.15) is 18.1 Å². The van der Waals surface area contributed by atoms with E-state index >= 15 is 0 Å². The summed E-state index contributed by atoms with van der Waals surface area (Å²) in [4.78, 5) is 27.5. The van der Waals surface area contributed by atoms with E-state index in [4.69, 9.17) is 21.1 Å². The number of halogens is 2. The smallest absolute Gasteiger partial charge is 0.261 e. The molecule has 8 heteroatoms. The molecule has 3 aromatic carbocycles. The molecule has 6 nitrogen and oxygen atoms in total. The first-order valence-electron chi connectivity index (χ1n) is 10.7. The largest absolute Gasteiger partial charge is 0.496 e. The molecule has 34 heavy (non-hydrogen) atoms. The lowest BCUT2D eigenvalue weighted by Crippen LogP contribution is -2.48. The Kier molecular flexibility index (Phi) is 8.87. The third-order valence-corrected chi connectivity index (χ3v) is 5.58. The standard InChI is InChI=1S/C26H26ClFN2O4/c1-18(26(32)29-15-20-7-3-5-9-23(20)33-2)30(16-19-11-13-21(28)14-12-19)25(31)17-34-24-10-6-4-8-22(24)27/h3-14,18H,15-17H2,1-2H3,(H,29,32). The van der Waals surface area contributed by atoms with Gasteiger partial charge in [0.1, 0.15) is 23.4 Å². The van der Waals surface area contributed by atoms with E-state index in [2.05, 4.69) is 5.32 Å². The first kappa shape index (κ1) is 25.1. The van der Waals surface area contributed by atoms with E-state index < -0.39 is 11.9 Å². The molecule has 1 N–H and O–H groups in total. The van der Waals surface area contributed by atoms with Crippen LogP contribution >= 0.6 is 11.6 Å². The summed E-state index contributed by atoms with van der Waals surface area (Å²) in [6.07, 6.45) is 0. The molecule has 0 aromatic heterocycles. The molecule has 0 bridgehead atoms. The molecule has 0 radical (unpaired) electrons. The Hall–Kier alpha value is -3.58. The van der Waals surface area contributed by atoms with Gasteiger partial charge in [-0.15, -0.1) is 0 Å². The van der Waals surface area contributed by atoms with Crippen LogP contribution in [0.3, 0.4) is 0 Å². The molecule has 0 fully saturated rings. The predicted molar refractivity (Wildman–Crippen MR) is 128 cm³/mol. The van der Waals surface area contributed by atoms with Gasteiger partial charge >= 0.3 is 0 Å². The highest BCUT2D eigenvalue weighted by Gasteiger charge is 2.27. The van der Waals surface area contributed by atoms with Crippen LogP contribution in [0.15, 0.2) is 72.8 Å². The monoisotopic (exact) mass is 484 g/mol. The lowest BCUT2D eigenvalue weighted by atomic mass is 10.1. The molecular formula is C26H26ClFN2O4. The molecule has 0 saturated carbocycles. The summed E-state index contributed by atoms with van der Waals surface area (Å²) in [6, 6.07) is 19.1. The fourth-order valence-corrected chi connectivity index (χ4v) is 3.52. The summed E-state index contributed by atoms with van der Waals surface area (Å²) >= 11 is 6.11. The highest BCUT2D eigenvalue weighted by molar-refractivity contribution is 6.32. The number of carbonyl (C=O) groups excluding carboxylic acids is 2. The fourth-order valence-electron chi connectivity index (χ4n) is 3.33. The molecule has 2 amide bonds. The highest BCUT2D eigenvalue weighted by Crippen LogP contribution is 2.23. The Labute approximate surface area is 203 Å². The van der Waals surface area contributed by atoms with Gasteiger partial charge in [-0.05, 0) is 42.8 Å². The molecule has 3 aromatic rings. The number of hydrogen-bond acceptors (Lipinski definition) is 4. The third kappa shape index (κ3) is 6.71. The normalized spacial score (nSPS) is 11.4. The molecule has 1 atom stereocenters. The zero-order chi connectivity index (χ0) is 24.5. The third-order valence-electron chi connectivity index (χ3n) is 5.27. The summed E-state index contributed by atoms with van der Waals surface area (Å²) in [6.45, 7) is 1.67. The summed E-state index contributed by atoms with van der Waals surface area (Å²) in [5.74, 6) is -0.120. The van der Waals surface area contributed by atoms with Crippen LogP contribution in [0.4, 0.5) is 4.39 Å². The van der Waals surface area contributed by atoms with E-state index in [0.29, 0.717) is 22.1 Å². The summed E-state index contributed by atoms with van der Waals surface area (Å²) in [5.41, 5.74) is 1.49. The Balaban J connectivity index is 1.72. The van der Waals surface area contributed by atoms with Crippen LogP contribution in [0, 0.1) is 5.82 Å². The lowest BCUT2D eigenvalue weighted by molar-refractivity contribution is -0.142. The molecule has 0 aliphatic carbocycles. The second-order valence-corrected chi connectivity index (χ2v) is 7.98. The SMILES string of the molecule is COc1ccccc1CNC(=O)C(C)N(Cc1ccc(F)cc1)C(=O)COc1ccccc1Cl. The quantitative estimate of drug-likeness (QED) is 0.456. The van der Waals surface area contributed by atoms with Crippen molar-refractivity contribution in [1.29, 1.82) is 0 Å². The molecule has 3 rings (SSSR count). The van der Waals surface area contributed by atoms with E-state index in [1.807, 2.05) is 18.2 Å². The van der Waals surface area contributed by atoms with Crippen molar-refractivity contribution in [3.8, 4) is 11.5 Å². The minimum absolute atomic E-state index is 0.105. The van der Waals surface area contributed by atoms with Crippen LogP contribution < -0.4 is 14.8 Å². The maximum atomic E-state index is 13.4. The van der Waals surface area contributed by atoms with Crippen molar-refractivity contribution in [3.63, 3.8) is 0 Å². The van der Waals surface area contributed by atoms with Crippen molar-refractivity contribution in [3.05, 3.63) is 94.8 Å². The van der Waals surface area contributed by atoms with Crippen molar-refractivity contribution in [1.82, 2.24) is 10.2 Å². The minimum atomic E-state index is -0.817. The van der Waals surface area contributed by atoms with E-state index in [-0.39, 0.29) is 31.4 Å². The Morgan fingerprint density at radius 3 is 2.32 bits per heavy atom. The lowest BCUT2D eigenvalue weighted by Gasteiger charge is -2.29. The van der Waals surface area contributed by atoms with Crippen LogP contribution in [-0.4, -0.2) is 36.5 Å². The maximum Gasteiger partial charge on any atom is 0.261 e. The van der Waals surface area contributed by atoms with Gasteiger partial charge < -0.3 is 19.7 Å². The van der Waals surface area contributed by atoms with Crippen molar-refractivity contribution in [2.24, 2.45) is 0 Å². The summed E-state index contributed by atoms with van der Waals surface area (Å²) in [7, 11) is 1.56. The molecule has 0 saturated heterocycles. The Morgan fingerprint density at radius 2 is 1.65 bits per heavy atom. The van der Waals surface area contributed by atoms with Gasteiger partial charge in [0.25, 0.3) is 5.91 Å². The molecule has 0 spiro atoms. The van der Waals surface area contributed by atoms with Crippen molar-refractivity contribution in [2.75, 3.05) is 13.7 Å². The average molecular weight is 485 g/mol. The van der Waals surface area contributed by atoms with E-state index in [1.165, 1.54) is 17.0 Å². The number of nitrogens with zero attached hydrogens (tertiary/aromatic N) is 1. The maximum absolute atomic E-state index is 13.4. The number of ether oxygens (including phenoxy) is 2. The average Bonchev–Trinajstić information content (AvgIpc) is 2.86. The van der Waals surface area contributed by atoms with E-state index in [9.17, 15) is 14.0 Å². The highest BCUT2D eigenvalue weighted by atomic mass is 35.5. The number of nitrogens with one attached hydrogen (secondary N) is 1. The first-order valence-corrected chi connectivity index (χ1v) is 11.1. The zero-order valence-corrected chi connectivity index (χ0v) is 19.7. The number of hydrogen-bond donors (Lipinski definition) is 1. The van der Waals surface area contributed by atoms with Gasteiger partial charge in [0.2, 0.25) is 5.91 Å². The van der Waals surface area contributed by atoms with Gasteiger partial charge in [0.05, 0.1) is 12.1 Å². The van der Waals surface area contributed by atoms with Crippen LogP contribution in [0.2, 0.25) is 5.02 Å². The number of benzene rings is 3. The Morgan fingerprint density at radius 1 is 1.00 bits per heavy atom. The number of amides is 2. The Bertz CT molecular complexity index is 1120. The summed E-state index contributed by atoms with van der Waals surface area (Å²) < 4.78 is 24.3. The second kappa shape index (κ2) is 12.0. The van der Waals surface area contributed by atoms with Crippen molar-refractivity contribution in [2.45, 2.75) is 26.1 Å². The van der Waals surface area contributed by atoms with Gasteiger partial charge in [-0.3, -0.25) is 9.59 Å². The number of carbonyl (C=O) groups is 2. The number of para-hydroxylation sites is 2. The van der Waals surface area contributed by atoms with Crippen molar-refractivity contribution >= 4 is 23.4 Å². The number of rotatable bonds is 10. The number of methoxy groups -OCH3 is 1. The topological polar surface area (TPSA) is 67.9 Å². The second-order valence-electron chi connectivity index (χ2n) is 7.57. The summed E-state index contributed by atoms with van der Waals surface area (Å²) in [5, 5.41) is 3.23.